The monoisotopic (exact) mass is 656 g/mol. The number of aryl methyl sites for hydroxylation is 1. The third kappa shape index (κ3) is 7.90. The fraction of sp³-hybridized carbons (Fsp3) is 0.346. The maximum absolute atomic E-state index is 12.9. The summed E-state index contributed by atoms with van der Waals surface area (Å²) in [6.07, 6.45) is 4.61. The SMILES string of the molecule is N[C@H](CCC[n+]1ccc(SCC2=C(C(=O)O)N3C(=O)[C@@H](NC(=O)CSc4cc(Cl)ccc4Cl)[C@H]3SC2)cc1)C(=O)[O-]. The van der Waals surface area contributed by atoms with E-state index in [0.717, 1.165) is 4.90 Å². The lowest BCUT2D eigenvalue weighted by atomic mass is 10.0. The van der Waals surface area contributed by atoms with Crippen LogP contribution >= 0.6 is 58.5 Å². The van der Waals surface area contributed by atoms with Gasteiger partial charge in [-0.3, -0.25) is 14.5 Å². The van der Waals surface area contributed by atoms with Crippen LogP contribution < -0.4 is 20.7 Å². The van der Waals surface area contributed by atoms with Gasteiger partial charge in [0, 0.05) is 50.9 Å². The minimum atomic E-state index is -1.26. The molecule has 1 aromatic carbocycles. The Morgan fingerprint density at radius 3 is 2.63 bits per heavy atom. The third-order valence-corrected chi connectivity index (χ3v) is 10.5. The topological polar surface area (TPSA) is 157 Å². The van der Waals surface area contributed by atoms with Gasteiger partial charge in [-0.2, -0.15) is 0 Å². The van der Waals surface area contributed by atoms with Gasteiger partial charge >= 0.3 is 5.97 Å². The van der Waals surface area contributed by atoms with Crippen molar-refractivity contribution in [1.29, 1.82) is 0 Å². The molecule has 2 aliphatic rings. The zero-order valence-corrected chi connectivity index (χ0v) is 25.4. The number of carboxylic acids is 2. The Bertz CT molecular complexity index is 1380. The number of pyridine rings is 1. The van der Waals surface area contributed by atoms with Crippen molar-refractivity contribution in [2.24, 2.45) is 5.73 Å². The minimum absolute atomic E-state index is 0.0230. The smallest absolute Gasteiger partial charge is 0.352 e. The van der Waals surface area contributed by atoms with Crippen LogP contribution in [0, 0.1) is 0 Å². The van der Waals surface area contributed by atoms with Crippen LogP contribution in [0.1, 0.15) is 12.8 Å². The number of carbonyl (C=O) groups excluding carboxylic acids is 3. The van der Waals surface area contributed by atoms with Crippen molar-refractivity contribution in [3.63, 3.8) is 0 Å². The number of β-lactam (4-membered cyclic amide) rings is 1. The molecule has 3 heterocycles. The van der Waals surface area contributed by atoms with Crippen molar-refractivity contribution < 1.29 is 34.0 Å². The standard InChI is InChI=1S/C26H26Cl2N4O6S3/c27-15-3-4-17(28)19(10-15)40-13-20(33)30-21-23(34)32-22(26(37)38)14(12-41-24(21)32)11-39-16-5-8-31(9-6-16)7-1-2-18(29)25(35)36/h3-6,8-10,18,21,24H,1-2,7,11-13,29H2,(H2-,30,33,35,36,37,38)/t18-,21-,24-/m1/s1. The summed E-state index contributed by atoms with van der Waals surface area (Å²) in [6, 6.07) is 6.93. The van der Waals surface area contributed by atoms with E-state index in [4.69, 9.17) is 28.9 Å². The lowest BCUT2D eigenvalue weighted by Gasteiger charge is -2.49. The van der Waals surface area contributed by atoms with Crippen molar-refractivity contribution in [3.05, 3.63) is 64.0 Å². The number of nitrogens with two attached hydrogens (primary N) is 1. The molecule has 10 nitrogen and oxygen atoms in total. The predicted molar refractivity (Wildman–Crippen MR) is 156 cm³/mol. The quantitative estimate of drug-likeness (QED) is 0.165. The Kier molecular flexibility index (Phi) is 10.9. The van der Waals surface area contributed by atoms with Gasteiger partial charge in [-0.1, -0.05) is 23.2 Å². The second kappa shape index (κ2) is 14.2. The molecule has 1 aromatic heterocycles. The van der Waals surface area contributed by atoms with Gasteiger partial charge in [0.2, 0.25) is 5.91 Å². The van der Waals surface area contributed by atoms with E-state index in [0.29, 0.717) is 51.4 Å². The third-order valence-electron chi connectivity index (χ3n) is 6.33. The molecule has 2 amide bonds. The molecule has 0 unspecified atom stereocenters. The molecule has 4 rings (SSSR count). The number of aromatic nitrogens is 1. The number of rotatable bonds is 13. The fourth-order valence-electron chi connectivity index (χ4n) is 4.21. The van der Waals surface area contributed by atoms with Gasteiger partial charge in [-0.15, -0.1) is 35.3 Å². The van der Waals surface area contributed by atoms with Gasteiger partial charge in [0.25, 0.3) is 5.91 Å². The number of hydrogen-bond donors (Lipinski definition) is 3. The summed E-state index contributed by atoms with van der Waals surface area (Å²) in [7, 11) is 0. The normalized spacial score (nSPS) is 18.9. The molecule has 3 atom stereocenters. The number of aliphatic carboxylic acids is 2. The Morgan fingerprint density at radius 1 is 1.22 bits per heavy atom. The molecule has 0 radical (unpaired) electrons. The molecular weight excluding hydrogens is 631 g/mol. The van der Waals surface area contributed by atoms with E-state index >= 15 is 0 Å². The van der Waals surface area contributed by atoms with Crippen molar-refractivity contribution in [3.8, 4) is 0 Å². The van der Waals surface area contributed by atoms with Gasteiger partial charge in [0.1, 0.15) is 23.7 Å². The number of thioether (sulfide) groups is 3. The number of benzene rings is 1. The number of amides is 2. The second-order valence-electron chi connectivity index (χ2n) is 9.20. The zero-order chi connectivity index (χ0) is 29.7. The van der Waals surface area contributed by atoms with Gasteiger partial charge in [-0.05, 0) is 30.2 Å². The number of hydrogen-bond acceptors (Lipinski definition) is 9. The summed E-state index contributed by atoms with van der Waals surface area (Å²) in [5, 5.41) is 23.8. The lowest BCUT2D eigenvalue weighted by molar-refractivity contribution is -0.697. The largest absolute Gasteiger partial charge is 0.548 e. The highest BCUT2D eigenvalue weighted by molar-refractivity contribution is 8.01. The maximum atomic E-state index is 12.9. The Hall–Kier alpha value is -2.42. The van der Waals surface area contributed by atoms with Crippen LogP contribution in [0.15, 0.2) is 63.8 Å². The molecule has 0 aliphatic carbocycles. The molecule has 15 heteroatoms. The van der Waals surface area contributed by atoms with E-state index in [9.17, 15) is 29.4 Å². The molecule has 0 bridgehead atoms. The first-order valence-electron chi connectivity index (χ1n) is 12.4. The predicted octanol–water partition coefficient (Wildman–Crippen LogP) is 1.76. The van der Waals surface area contributed by atoms with Crippen molar-refractivity contribution in [2.45, 2.75) is 46.6 Å². The molecular formula is C26H26Cl2N4O6S3. The highest BCUT2D eigenvalue weighted by atomic mass is 35.5. The van der Waals surface area contributed by atoms with Crippen LogP contribution in [0.3, 0.4) is 0 Å². The van der Waals surface area contributed by atoms with Gasteiger partial charge in [0.15, 0.2) is 12.4 Å². The van der Waals surface area contributed by atoms with E-state index < -0.39 is 35.3 Å². The maximum Gasteiger partial charge on any atom is 0.352 e. The molecule has 41 heavy (non-hydrogen) atoms. The van der Waals surface area contributed by atoms with Crippen molar-refractivity contribution in [1.82, 2.24) is 10.2 Å². The van der Waals surface area contributed by atoms with Crippen LogP contribution in [-0.2, 0) is 25.7 Å². The summed E-state index contributed by atoms with van der Waals surface area (Å²) in [4.78, 5) is 51.2. The molecule has 0 saturated carbocycles. The van der Waals surface area contributed by atoms with Crippen molar-refractivity contribution in [2.75, 3.05) is 17.3 Å². The average molecular weight is 658 g/mol. The molecule has 4 N–H and O–H groups in total. The van der Waals surface area contributed by atoms with E-state index in [1.54, 1.807) is 18.2 Å². The summed E-state index contributed by atoms with van der Waals surface area (Å²) in [5.41, 5.74) is 6.07. The van der Waals surface area contributed by atoms with Crippen LogP contribution in [0.5, 0.6) is 0 Å². The van der Waals surface area contributed by atoms with E-state index in [1.807, 2.05) is 29.1 Å². The first-order chi connectivity index (χ1) is 19.5. The molecule has 2 aromatic rings. The van der Waals surface area contributed by atoms with Crippen LogP contribution in [-0.4, -0.2) is 68.5 Å². The number of carboxylic acid groups (broad SMARTS) is 2. The molecule has 0 spiro atoms. The van der Waals surface area contributed by atoms with Crippen LogP contribution in [0.25, 0.3) is 0 Å². The Balaban J connectivity index is 1.31. The number of nitrogens with one attached hydrogen (secondary N) is 1. The van der Waals surface area contributed by atoms with Crippen LogP contribution in [0.2, 0.25) is 10.0 Å². The summed E-state index contributed by atoms with van der Waals surface area (Å²) in [6.45, 7) is 0.597. The van der Waals surface area contributed by atoms with E-state index in [2.05, 4.69) is 5.32 Å². The number of fused-ring (bicyclic) bond motifs is 1. The first-order valence-corrected chi connectivity index (χ1v) is 16.2. The Morgan fingerprint density at radius 2 is 1.95 bits per heavy atom. The number of halogens is 2. The summed E-state index contributed by atoms with van der Waals surface area (Å²) < 4.78 is 1.91. The lowest BCUT2D eigenvalue weighted by Crippen LogP contribution is -2.70. The average Bonchev–Trinajstić information content (AvgIpc) is 2.95. The summed E-state index contributed by atoms with van der Waals surface area (Å²) >= 11 is 16.2. The molecule has 2 aliphatic heterocycles. The number of carbonyl (C=O) groups is 4. The molecule has 1 fully saturated rings. The highest BCUT2D eigenvalue weighted by Gasteiger charge is 2.54. The van der Waals surface area contributed by atoms with Crippen molar-refractivity contribution >= 4 is 82.2 Å². The molecule has 1 saturated heterocycles. The Labute approximate surface area is 259 Å². The minimum Gasteiger partial charge on any atom is -0.548 e. The van der Waals surface area contributed by atoms with Gasteiger partial charge in [0.05, 0.1) is 16.7 Å². The van der Waals surface area contributed by atoms with Gasteiger partial charge in [-0.25, -0.2) is 9.36 Å². The van der Waals surface area contributed by atoms with Crippen LogP contribution in [0.4, 0.5) is 0 Å². The molecule has 218 valence electrons. The van der Waals surface area contributed by atoms with Gasteiger partial charge < -0.3 is 26.1 Å². The first kappa shape index (κ1) is 31.5. The fourth-order valence-corrected chi connectivity index (χ4v) is 7.88. The highest BCUT2D eigenvalue weighted by Crippen LogP contribution is 2.41. The zero-order valence-electron chi connectivity index (χ0n) is 21.5. The number of nitrogens with zero attached hydrogens (tertiary/aromatic N) is 2. The van der Waals surface area contributed by atoms with E-state index in [1.165, 1.54) is 40.2 Å². The second-order valence-corrected chi connectivity index (χ2v) is 13.2. The van der Waals surface area contributed by atoms with E-state index in [-0.39, 0.29) is 17.4 Å². The summed E-state index contributed by atoms with van der Waals surface area (Å²) in [5.74, 6) is -2.46.